The molecule has 3 N–H and O–H groups in total. The summed E-state index contributed by atoms with van der Waals surface area (Å²) < 4.78 is 44.4. The van der Waals surface area contributed by atoms with Gasteiger partial charge in [0.1, 0.15) is 10.7 Å². The molecule has 10 heteroatoms. The van der Waals surface area contributed by atoms with Crippen molar-refractivity contribution in [2.24, 2.45) is 0 Å². The first-order valence-electron chi connectivity index (χ1n) is 5.33. The van der Waals surface area contributed by atoms with Crippen molar-refractivity contribution < 1.29 is 17.3 Å². The quantitative estimate of drug-likeness (QED) is 0.791. The highest BCUT2D eigenvalue weighted by Crippen LogP contribution is 2.26. The lowest BCUT2D eigenvalue weighted by molar-refractivity contribution is 0.372. The van der Waals surface area contributed by atoms with Gasteiger partial charge in [0.15, 0.2) is 5.82 Å². The average Bonchev–Trinajstić information content (AvgIpc) is 2.77. The van der Waals surface area contributed by atoms with E-state index in [9.17, 15) is 12.8 Å². The Bertz CT molecular complexity index is 747. The zero-order chi connectivity index (χ0) is 14.9. The molecule has 2 aromatic rings. The maximum atomic E-state index is 13.2. The second-order valence-electron chi connectivity index (χ2n) is 3.86. The summed E-state index contributed by atoms with van der Waals surface area (Å²) in [6.45, 7) is 1.42. The molecule has 1 aromatic heterocycles. The Kier molecular flexibility index (Phi) is 4.06. The highest BCUT2D eigenvalue weighted by atomic mass is 79.9. The zero-order valence-electron chi connectivity index (χ0n) is 10.2. The van der Waals surface area contributed by atoms with Crippen LogP contribution in [0.25, 0.3) is 0 Å². The standard InChI is InChI=1S/C10H10BrFN4O3S/c1-5-15-10(19-16-5)4-14-20(17,18)9-2-6(11)7(12)3-8(9)13/h2-3,14H,4,13H2,1H3. The number of nitrogen functional groups attached to an aromatic ring is 1. The summed E-state index contributed by atoms with van der Waals surface area (Å²) in [6, 6.07) is 2.02. The lowest BCUT2D eigenvalue weighted by atomic mass is 10.3. The van der Waals surface area contributed by atoms with Gasteiger partial charge in [0.2, 0.25) is 15.9 Å². The maximum absolute atomic E-state index is 13.2. The molecular formula is C10H10BrFN4O3S. The molecule has 0 aliphatic carbocycles. The van der Waals surface area contributed by atoms with Gasteiger partial charge >= 0.3 is 0 Å². The number of anilines is 1. The minimum absolute atomic E-state index is 0.000657. The van der Waals surface area contributed by atoms with E-state index in [0.717, 1.165) is 12.1 Å². The van der Waals surface area contributed by atoms with Gasteiger partial charge in [-0.25, -0.2) is 17.5 Å². The van der Waals surface area contributed by atoms with Crippen molar-refractivity contribution in [1.82, 2.24) is 14.9 Å². The van der Waals surface area contributed by atoms with Crippen molar-refractivity contribution >= 4 is 31.6 Å². The number of aromatic nitrogens is 2. The van der Waals surface area contributed by atoms with Crippen LogP contribution < -0.4 is 10.5 Å². The first kappa shape index (κ1) is 14.9. The molecule has 7 nitrogen and oxygen atoms in total. The largest absolute Gasteiger partial charge is 0.398 e. The SMILES string of the molecule is Cc1noc(CNS(=O)(=O)c2cc(Br)c(F)cc2N)n1. The number of benzene rings is 1. The van der Waals surface area contributed by atoms with Gasteiger partial charge < -0.3 is 10.3 Å². The van der Waals surface area contributed by atoms with Crippen molar-refractivity contribution in [2.75, 3.05) is 5.73 Å². The van der Waals surface area contributed by atoms with Crippen LogP contribution in [0.1, 0.15) is 11.7 Å². The third kappa shape index (κ3) is 3.14. The van der Waals surface area contributed by atoms with Crippen molar-refractivity contribution in [1.29, 1.82) is 0 Å². The number of sulfonamides is 1. The fourth-order valence-corrected chi connectivity index (χ4v) is 3.03. The Labute approximate surface area is 122 Å². The van der Waals surface area contributed by atoms with Crippen LogP contribution in [-0.2, 0) is 16.6 Å². The molecule has 0 saturated carbocycles. The fourth-order valence-electron chi connectivity index (χ4n) is 1.42. The highest BCUT2D eigenvalue weighted by Gasteiger charge is 2.20. The third-order valence-corrected chi connectivity index (χ3v) is 4.39. The molecule has 2 rings (SSSR count). The number of nitrogens with zero attached hydrogens (tertiary/aromatic N) is 2. The first-order chi connectivity index (χ1) is 9.29. The molecule has 1 aromatic carbocycles. The summed E-state index contributed by atoms with van der Waals surface area (Å²) in [7, 11) is -3.92. The lowest BCUT2D eigenvalue weighted by Crippen LogP contribution is -2.24. The van der Waals surface area contributed by atoms with E-state index in [0.29, 0.717) is 5.82 Å². The monoisotopic (exact) mass is 364 g/mol. The van der Waals surface area contributed by atoms with Crippen molar-refractivity contribution in [3.63, 3.8) is 0 Å². The summed E-state index contributed by atoms with van der Waals surface area (Å²) in [6.07, 6.45) is 0. The summed E-state index contributed by atoms with van der Waals surface area (Å²) in [5.41, 5.74) is 5.32. The number of aryl methyl sites for hydroxylation is 1. The van der Waals surface area contributed by atoms with Gasteiger partial charge in [-0.05, 0) is 35.0 Å². The maximum Gasteiger partial charge on any atom is 0.243 e. The van der Waals surface area contributed by atoms with Crippen LogP contribution in [0.3, 0.4) is 0 Å². The van der Waals surface area contributed by atoms with Gasteiger partial charge in [-0.1, -0.05) is 5.16 Å². The van der Waals surface area contributed by atoms with E-state index in [4.69, 9.17) is 10.3 Å². The van der Waals surface area contributed by atoms with Gasteiger partial charge in [-0.2, -0.15) is 4.98 Å². The zero-order valence-corrected chi connectivity index (χ0v) is 12.6. The lowest BCUT2D eigenvalue weighted by Gasteiger charge is -2.08. The minimum atomic E-state index is -3.92. The summed E-state index contributed by atoms with van der Waals surface area (Å²) >= 11 is 2.91. The molecule has 1 heterocycles. The van der Waals surface area contributed by atoms with Crippen LogP contribution in [0.5, 0.6) is 0 Å². The van der Waals surface area contributed by atoms with E-state index >= 15 is 0 Å². The molecule has 0 fully saturated rings. The Morgan fingerprint density at radius 1 is 1.50 bits per heavy atom. The van der Waals surface area contributed by atoms with Crippen LogP contribution in [0.2, 0.25) is 0 Å². The van der Waals surface area contributed by atoms with Crippen molar-refractivity contribution in [3.8, 4) is 0 Å². The van der Waals surface area contributed by atoms with Crippen molar-refractivity contribution in [2.45, 2.75) is 18.4 Å². The van der Waals surface area contributed by atoms with E-state index < -0.39 is 15.8 Å². The molecule has 0 spiro atoms. The molecule has 0 saturated heterocycles. The predicted molar refractivity (Wildman–Crippen MR) is 71.6 cm³/mol. The highest BCUT2D eigenvalue weighted by molar-refractivity contribution is 9.10. The van der Waals surface area contributed by atoms with Crippen LogP contribution in [0.4, 0.5) is 10.1 Å². The fraction of sp³-hybridized carbons (Fsp3) is 0.200. The predicted octanol–water partition coefficient (Wildman–Crippen LogP) is 1.34. The van der Waals surface area contributed by atoms with Gasteiger partial charge in [0.25, 0.3) is 0 Å². The third-order valence-electron chi connectivity index (χ3n) is 2.33. The van der Waals surface area contributed by atoms with E-state index in [1.54, 1.807) is 6.92 Å². The van der Waals surface area contributed by atoms with E-state index in [1.807, 2.05) is 0 Å². The van der Waals surface area contributed by atoms with E-state index in [2.05, 4.69) is 30.8 Å². The molecule has 0 aliphatic heterocycles. The Balaban J connectivity index is 2.24. The van der Waals surface area contributed by atoms with Crippen LogP contribution in [-0.4, -0.2) is 18.6 Å². The van der Waals surface area contributed by atoms with Gasteiger partial charge in [0.05, 0.1) is 16.7 Å². The number of hydrogen-bond acceptors (Lipinski definition) is 6. The molecule has 20 heavy (non-hydrogen) atoms. The second-order valence-corrected chi connectivity index (χ2v) is 6.45. The topological polar surface area (TPSA) is 111 Å². The Morgan fingerprint density at radius 3 is 2.80 bits per heavy atom. The molecule has 108 valence electrons. The summed E-state index contributed by atoms with van der Waals surface area (Å²) in [5.74, 6) is -0.136. The summed E-state index contributed by atoms with van der Waals surface area (Å²) in [5, 5.41) is 3.53. The molecule has 0 radical (unpaired) electrons. The smallest absolute Gasteiger partial charge is 0.243 e. The number of hydrogen-bond donors (Lipinski definition) is 2. The van der Waals surface area contributed by atoms with Gasteiger partial charge in [0, 0.05) is 0 Å². The second kappa shape index (κ2) is 5.46. The normalized spacial score (nSPS) is 11.8. The van der Waals surface area contributed by atoms with Crippen LogP contribution in [0.15, 0.2) is 26.0 Å². The average molecular weight is 365 g/mol. The van der Waals surface area contributed by atoms with Crippen LogP contribution >= 0.6 is 15.9 Å². The number of halogens is 2. The Morgan fingerprint density at radius 2 is 2.20 bits per heavy atom. The number of rotatable bonds is 4. The van der Waals surface area contributed by atoms with E-state index in [1.165, 1.54) is 0 Å². The Hall–Kier alpha value is -1.52. The summed E-state index contributed by atoms with van der Waals surface area (Å²) in [4.78, 5) is 3.62. The van der Waals surface area contributed by atoms with Gasteiger partial charge in [-0.3, -0.25) is 0 Å². The van der Waals surface area contributed by atoms with E-state index in [-0.39, 0.29) is 27.5 Å². The first-order valence-corrected chi connectivity index (χ1v) is 7.60. The molecule has 0 atom stereocenters. The molecular weight excluding hydrogens is 355 g/mol. The van der Waals surface area contributed by atoms with Crippen molar-refractivity contribution in [3.05, 3.63) is 34.1 Å². The molecule has 0 amide bonds. The number of nitrogens with one attached hydrogen (secondary N) is 1. The number of nitrogens with two attached hydrogens (primary N) is 1. The van der Waals surface area contributed by atoms with Crippen LogP contribution in [0, 0.1) is 12.7 Å². The minimum Gasteiger partial charge on any atom is -0.398 e. The molecule has 0 bridgehead atoms. The molecule has 0 aliphatic rings. The van der Waals surface area contributed by atoms with Gasteiger partial charge in [-0.15, -0.1) is 0 Å². The molecule has 0 unspecified atom stereocenters.